The first kappa shape index (κ1) is 13.9. The molecule has 0 spiro atoms. The molecule has 0 saturated heterocycles. The van der Waals surface area contributed by atoms with Gasteiger partial charge in [-0.05, 0) is 24.3 Å². The van der Waals surface area contributed by atoms with Crippen molar-refractivity contribution >= 4 is 5.91 Å². The normalized spacial score (nSPS) is 23.0. The molecular weight excluding hydrogens is 238 g/mol. The van der Waals surface area contributed by atoms with E-state index in [9.17, 15) is 9.90 Å². The minimum Gasteiger partial charge on any atom is -0.508 e. The lowest BCUT2D eigenvalue weighted by molar-refractivity contribution is -0.120. The number of hydrogen-bond donors (Lipinski definition) is 2. The summed E-state index contributed by atoms with van der Waals surface area (Å²) in [4.78, 5) is 11.9. The number of para-hydroxylation sites is 1. The van der Waals surface area contributed by atoms with Crippen molar-refractivity contribution in [3.8, 4) is 5.75 Å². The van der Waals surface area contributed by atoms with Crippen LogP contribution < -0.4 is 5.32 Å². The number of phenols is 1. The van der Waals surface area contributed by atoms with Crippen LogP contribution in [0.5, 0.6) is 5.75 Å². The fraction of sp³-hybridized carbons (Fsp3) is 0.562. The van der Waals surface area contributed by atoms with Gasteiger partial charge in [-0.1, -0.05) is 44.4 Å². The zero-order valence-corrected chi connectivity index (χ0v) is 11.6. The number of amides is 1. The summed E-state index contributed by atoms with van der Waals surface area (Å²) in [6.45, 7) is 3.05. The molecule has 0 aliphatic heterocycles. The summed E-state index contributed by atoms with van der Waals surface area (Å²) in [6, 6.07) is 7.01. The van der Waals surface area contributed by atoms with Gasteiger partial charge in [0.2, 0.25) is 5.91 Å². The van der Waals surface area contributed by atoms with Crippen molar-refractivity contribution < 1.29 is 9.90 Å². The van der Waals surface area contributed by atoms with Gasteiger partial charge in [0.1, 0.15) is 5.75 Å². The van der Waals surface area contributed by atoms with Gasteiger partial charge in [0, 0.05) is 12.1 Å². The molecule has 1 aliphatic rings. The van der Waals surface area contributed by atoms with Crippen LogP contribution in [-0.4, -0.2) is 17.6 Å². The molecule has 1 aromatic carbocycles. The first-order valence-corrected chi connectivity index (χ1v) is 7.20. The van der Waals surface area contributed by atoms with Crippen molar-refractivity contribution in [1.82, 2.24) is 5.32 Å². The topological polar surface area (TPSA) is 49.3 Å². The Morgan fingerprint density at radius 2 is 2.05 bits per heavy atom. The maximum atomic E-state index is 11.9. The second-order valence-electron chi connectivity index (χ2n) is 5.63. The van der Waals surface area contributed by atoms with Crippen LogP contribution in [0.2, 0.25) is 0 Å². The highest BCUT2D eigenvalue weighted by molar-refractivity contribution is 5.79. The van der Waals surface area contributed by atoms with E-state index in [0.29, 0.717) is 17.4 Å². The number of nitrogens with one attached hydrogen (secondary N) is 1. The molecule has 0 bridgehead atoms. The molecule has 2 unspecified atom stereocenters. The zero-order valence-electron chi connectivity index (χ0n) is 11.6. The molecule has 1 fully saturated rings. The van der Waals surface area contributed by atoms with Crippen LogP contribution in [0, 0.1) is 11.8 Å². The first-order valence-electron chi connectivity index (χ1n) is 7.20. The Morgan fingerprint density at radius 1 is 1.32 bits per heavy atom. The molecule has 2 rings (SSSR count). The third kappa shape index (κ3) is 3.98. The molecule has 0 aromatic heterocycles. The Kier molecular flexibility index (Phi) is 4.83. The standard InChI is InChI=1S/C16H23NO2/c1-12-6-2-3-8-14(12)11-17-16(19)10-13-7-4-5-9-15(13)18/h4-5,7,9,12,14,18H,2-3,6,8,10-11H2,1H3,(H,17,19). The highest BCUT2D eigenvalue weighted by Gasteiger charge is 2.21. The van der Waals surface area contributed by atoms with Crippen LogP contribution in [0.1, 0.15) is 38.2 Å². The van der Waals surface area contributed by atoms with Crippen molar-refractivity contribution in [2.75, 3.05) is 6.54 Å². The molecule has 3 nitrogen and oxygen atoms in total. The molecule has 0 heterocycles. The van der Waals surface area contributed by atoms with Crippen LogP contribution in [0.4, 0.5) is 0 Å². The van der Waals surface area contributed by atoms with Crippen LogP contribution in [0.25, 0.3) is 0 Å². The third-order valence-corrected chi connectivity index (χ3v) is 4.19. The maximum Gasteiger partial charge on any atom is 0.224 e. The quantitative estimate of drug-likeness (QED) is 0.875. The summed E-state index contributed by atoms with van der Waals surface area (Å²) < 4.78 is 0. The average molecular weight is 261 g/mol. The largest absolute Gasteiger partial charge is 0.508 e. The van der Waals surface area contributed by atoms with Gasteiger partial charge in [0.25, 0.3) is 0 Å². The third-order valence-electron chi connectivity index (χ3n) is 4.19. The molecule has 0 radical (unpaired) electrons. The molecule has 3 heteroatoms. The average Bonchev–Trinajstić information content (AvgIpc) is 2.40. The molecule has 19 heavy (non-hydrogen) atoms. The van der Waals surface area contributed by atoms with Gasteiger partial charge < -0.3 is 10.4 Å². The minimum atomic E-state index is -0.000673. The van der Waals surface area contributed by atoms with E-state index in [1.165, 1.54) is 25.7 Å². The van der Waals surface area contributed by atoms with Gasteiger partial charge in [-0.15, -0.1) is 0 Å². The van der Waals surface area contributed by atoms with Gasteiger partial charge in [-0.3, -0.25) is 4.79 Å². The smallest absolute Gasteiger partial charge is 0.224 e. The second-order valence-corrected chi connectivity index (χ2v) is 5.63. The van der Waals surface area contributed by atoms with E-state index < -0.39 is 0 Å². The van der Waals surface area contributed by atoms with Gasteiger partial charge >= 0.3 is 0 Å². The van der Waals surface area contributed by atoms with Crippen molar-refractivity contribution in [2.24, 2.45) is 11.8 Å². The lowest BCUT2D eigenvalue weighted by atomic mass is 9.80. The number of benzene rings is 1. The molecule has 1 amide bonds. The molecule has 2 N–H and O–H groups in total. The summed E-state index contributed by atoms with van der Waals surface area (Å²) >= 11 is 0. The number of phenolic OH excluding ortho intramolecular Hbond substituents is 1. The highest BCUT2D eigenvalue weighted by Crippen LogP contribution is 2.28. The number of rotatable bonds is 4. The predicted molar refractivity (Wildman–Crippen MR) is 75.9 cm³/mol. The van der Waals surface area contributed by atoms with Crippen molar-refractivity contribution in [2.45, 2.75) is 39.0 Å². The van der Waals surface area contributed by atoms with E-state index >= 15 is 0 Å². The summed E-state index contributed by atoms with van der Waals surface area (Å²) in [7, 11) is 0. The Bertz CT molecular complexity index is 431. The fourth-order valence-corrected chi connectivity index (χ4v) is 2.84. The summed E-state index contributed by atoms with van der Waals surface area (Å²) in [5.74, 6) is 1.52. The predicted octanol–water partition coefficient (Wildman–Crippen LogP) is 2.88. The monoisotopic (exact) mass is 261 g/mol. The minimum absolute atomic E-state index is 0.000673. The fourth-order valence-electron chi connectivity index (χ4n) is 2.84. The number of carbonyl (C=O) groups is 1. The molecule has 1 aromatic rings. The van der Waals surface area contributed by atoms with E-state index in [0.717, 1.165) is 6.54 Å². The van der Waals surface area contributed by atoms with Gasteiger partial charge in [-0.2, -0.15) is 0 Å². The summed E-state index contributed by atoms with van der Waals surface area (Å²) in [5.41, 5.74) is 0.691. The second kappa shape index (κ2) is 6.60. The lowest BCUT2D eigenvalue weighted by Gasteiger charge is -2.28. The van der Waals surface area contributed by atoms with Crippen molar-refractivity contribution in [1.29, 1.82) is 0 Å². The van der Waals surface area contributed by atoms with Gasteiger partial charge in [0.15, 0.2) is 0 Å². The van der Waals surface area contributed by atoms with Crippen LogP contribution in [0.15, 0.2) is 24.3 Å². The molecule has 1 aliphatic carbocycles. The van der Waals surface area contributed by atoms with Crippen LogP contribution >= 0.6 is 0 Å². The van der Waals surface area contributed by atoms with Crippen molar-refractivity contribution in [3.05, 3.63) is 29.8 Å². The zero-order chi connectivity index (χ0) is 13.7. The Balaban J connectivity index is 1.80. The molecule has 2 atom stereocenters. The Hall–Kier alpha value is -1.51. The number of carbonyl (C=O) groups excluding carboxylic acids is 1. The van der Waals surface area contributed by atoms with E-state index in [4.69, 9.17) is 0 Å². The van der Waals surface area contributed by atoms with Crippen molar-refractivity contribution in [3.63, 3.8) is 0 Å². The molecule has 104 valence electrons. The maximum absolute atomic E-state index is 11.9. The van der Waals surface area contributed by atoms with E-state index in [1.807, 2.05) is 6.07 Å². The van der Waals surface area contributed by atoms with Gasteiger partial charge in [0.05, 0.1) is 6.42 Å². The van der Waals surface area contributed by atoms with E-state index in [-0.39, 0.29) is 18.1 Å². The van der Waals surface area contributed by atoms with E-state index in [2.05, 4.69) is 12.2 Å². The summed E-state index contributed by atoms with van der Waals surface area (Å²) in [5, 5.41) is 12.6. The van der Waals surface area contributed by atoms with Crippen LogP contribution in [-0.2, 0) is 11.2 Å². The molecular formula is C16H23NO2. The lowest BCUT2D eigenvalue weighted by Crippen LogP contribution is -2.34. The van der Waals surface area contributed by atoms with Gasteiger partial charge in [-0.25, -0.2) is 0 Å². The SMILES string of the molecule is CC1CCCCC1CNC(=O)Cc1ccccc1O. The number of aromatic hydroxyl groups is 1. The molecule has 1 saturated carbocycles. The van der Waals surface area contributed by atoms with Crippen LogP contribution in [0.3, 0.4) is 0 Å². The summed E-state index contributed by atoms with van der Waals surface area (Å²) in [6.07, 6.45) is 5.36. The first-order chi connectivity index (χ1) is 9.16. The van der Waals surface area contributed by atoms with E-state index in [1.54, 1.807) is 18.2 Å². The number of hydrogen-bond acceptors (Lipinski definition) is 2. The highest BCUT2D eigenvalue weighted by atomic mass is 16.3. The Labute approximate surface area is 115 Å². The Morgan fingerprint density at radius 3 is 2.79 bits per heavy atom.